The Morgan fingerprint density at radius 2 is 1.95 bits per heavy atom. The molecule has 3 nitrogen and oxygen atoms in total. The first-order chi connectivity index (χ1) is 9.67. The van der Waals surface area contributed by atoms with Crippen LogP contribution in [0.1, 0.15) is 42.4 Å². The van der Waals surface area contributed by atoms with Crippen molar-refractivity contribution < 1.29 is 4.74 Å². The molecule has 20 heavy (non-hydrogen) atoms. The van der Waals surface area contributed by atoms with Gasteiger partial charge in [-0.05, 0) is 69.8 Å². The second-order valence-electron chi connectivity index (χ2n) is 6.34. The maximum atomic E-state index is 6.31. The molecule has 1 unspecified atom stereocenters. The number of benzene rings is 1. The Morgan fingerprint density at radius 3 is 2.65 bits per heavy atom. The van der Waals surface area contributed by atoms with Gasteiger partial charge >= 0.3 is 0 Å². The van der Waals surface area contributed by atoms with E-state index in [1.807, 2.05) is 0 Å². The summed E-state index contributed by atoms with van der Waals surface area (Å²) in [6, 6.07) is 4.46. The molecule has 2 aliphatic rings. The van der Waals surface area contributed by atoms with Gasteiger partial charge in [-0.2, -0.15) is 0 Å². The standard InChI is InChI=1S/C17H26N2O/c1-13-10-14(2)16-15(11-13)20-9-5-6-17(16,12-18)19-7-3-4-8-19/h10-11H,3-9,12,18H2,1-2H3. The van der Waals surface area contributed by atoms with Gasteiger partial charge in [-0.15, -0.1) is 0 Å². The van der Waals surface area contributed by atoms with Crippen LogP contribution in [0, 0.1) is 13.8 Å². The van der Waals surface area contributed by atoms with Crippen LogP contribution < -0.4 is 10.5 Å². The number of nitrogens with zero attached hydrogens (tertiary/aromatic N) is 1. The molecule has 1 saturated heterocycles. The van der Waals surface area contributed by atoms with Gasteiger partial charge in [0.2, 0.25) is 0 Å². The highest BCUT2D eigenvalue weighted by Gasteiger charge is 2.42. The normalized spacial score (nSPS) is 26.9. The summed E-state index contributed by atoms with van der Waals surface area (Å²) >= 11 is 0. The van der Waals surface area contributed by atoms with Crippen molar-refractivity contribution in [3.05, 3.63) is 28.8 Å². The van der Waals surface area contributed by atoms with E-state index in [2.05, 4.69) is 30.9 Å². The molecule has 0 amide bonds. The quantitative estimate of drug-likeness (QED) is 0.901. The van der Waals surface area contributed by atoms with Crippen LogP contribution >= 0.6 is 0 Å². The first-order valence-corrected chi connectivity index (χ1v) is 7.87. The van der Waals surface area contributed by atoms with Gasteiger partial charge in [0, 0.05) is 12.1 Å². The van der Waals surface area contributed by atoms with Gasteiger partial charge in [0.25, 0.3) is 0 Å². The zero-order valence-electron chi connectivity index (χ0n) is 12.7. The highest BCUT2D eigenvalue weighted by Crippen LogP contribution is 2.44. The molecule has 0 radical (unpaired) electrons. The molecular weight excluding hydrogens is 248 g/mol. The van der Waals surface area contributed by atoms with Gasteiger partial charge < -0.3 is 10.5 Å². The molecule has 3 rings (SSSR count). The monoisotopic (exact) mass is 274 g/mol. The lowest BCUT2D eigenvalue weighted by Crippen LogP contribution is -2.50. The van der Waals surface area contributed by atoms with Crippen molar-refractivity contribution in [1.29, 1.82) is 0 Å². The van der Waals surface area contributed by atoms with E-state index in [0.717, 1.165) is 25.2 Å². The Morgan fingerprint density at radius 1 is 1.20 bits per heavy atom. The van der Waals surface area contributed by atoms with E-state index in [4.69, 9.17) is 10.5 Å². The summed E-state index contributed by atoms with van der Waals surface area (Å²) in [4.78, 5) is 2.61. The van der Waals surface area contributed by atoms with Gasteiger partial charge in [0.1, 0.15) is 5.75 Å². The third-order valence-corrected chi connectivity index (χ3v) is 4.95. The summed E-state index contributed by atoms with van der Waals surface area (Å²) in [5.41, 5.74) is 10.3. The largest absolute Gasteiger partial charge is 0.493 e. The van der Waals surface area contributed by atoms with Crippen molar-refractivity contribution in [2.45, 2.75) is 45.1 Å². The van der Waals surface area contributed by atoms with Crippen molar-refractivity contribution in [2.75, 3.05) is 26.2 Å². The zero-order valence-corrected chi connectivity index (χ0v) is 12.7. The lowest BCUT2D eigenvalue weighted by Gasteiger charge is -2.42. The third-order valence-electron chi connectivity index (χ3n) is 4.95. The summed E-state index contributed by atoms with van der Waals surface area (Å²) in [6.45, 7) is 8.19. The fourth-order valence-corrected chi connectivity index (χ4v) is 4.11. The number of hydrogen-bond acceptors (Lipinski definition) is 3. The topological polar surface area (TPSA) is 38.5 Å². The average molecular weight is 274 g/mol. The number of likely N-dealkylation sites (tertiary alicyclic amines) is 1. The predicted octanol–water partition coefficient (Wildman–Crippen LogP) is 2.73. The van der Waals surface area contributed by atoms with E-state index in [9.17, 15) is 0 Å². The van der Waals surface area contributed by atoms with E-state index in [1.165, 1.54) is 42.6 Å². The van der Waals surface area contributed by atoms with Crippen LogP contribution in [0.15, 0.2) is 12.1 Å². The predicted molar refractivity (Wildman–Crippen MR) is 82.2 cm³/mol. The number of aryl methyl sites for hydroxylation is 2. The molecule has 0 aromatic heterocycles. The Kier molecular flexibility index (Phi) is 3.74. The van der Waals surface area contributed by atoms with Crippen LogP contribution in [0.3, 0.4) is 0 Å². The first-order valence-electron chi connectivity index (χ1n) is 7.87. The summed E-state index contributed by atoms with van der Waals surface area (Å²) in [7, 11) is 0. The minimum atomic E-state index is -0.0138. The second kappa shape index (κ2) is 5.38. The SMILES string of the molecule is Cc1cc(C)c2c(c1)OCCCC2(CN)N1CCCC1. The average Bonchev–Trinajstić information content (AvgIpc) is 2.88. The summed E-state index contributed by atoms with van der Waals surface area (Å²) < 4.78 is 6.04. The molecule has 2 heterocycles. The van der Waals surface area contributed by atoms with E-state index < -0.39 is 0 Å². The van der Waals surface area contributed by atoms with E-state index in [0.29, 0.717) is 6.54 Å². The second-order valence-corrected chi connectivity index (χ2v) is 6.34. The lowest BCUT2D eigenvalue weighted by molar-refractivity contribution is 0.112. The summed E-state index contributed by atoms with van der Waals surface area (Å²) in [5.74, 6) is 1.07. The number of rotatable bonds is 2. The van der Waals surface area contributed by atoms with E-state index >= 15 is 0 Å². The minimum Gasteiger partial charge on any atom is -0.493 e. The number of hydrogen-bond donors (Lipinski definition) is 1. The van der Waals surface area contributed by atoms with Gasteiger partial charge in [-0.25, -0.2) is 0 Å². The molecule has 2 N–H and O–H groups in total. The van der Waals surface area contributed by atoms with Gasteiger partial charge in [0.15, 0.2) is 0 Å². The summed E-state index contributed by atoms with van der Waals surface area (Å²) in [6.07, 6.45) is 4.78. The van der Waals surface area contributed by atoms with Gasteiger partial charge in [0.05, 0.1) is 12.1 Å². The van der Waals surface area contributed by atoms with Crippen LogP contribution in [-0.4, -0.2) is 31.1 Å². The Labute approximate surface area is 122 Å². The molecule has 0 aliphatic carbocycles. The Bertz CT molecular complexity index is 494. The molecule has 0 saturated carbocycles. The molecule has 1 atom stereocenters. The highest BCUT2D eigenvalue weighted by atomic mass is 16.5. The molecule has 0 bridgehead atoms. The van der Waals surface area contributed by atoms with Crippen LogP contribution in [0.25, 0.3) is 0 Å². The molecule has 1 aromatic rings. The lowest BCUT2D eigenvalue weighted by atomic mass is 9.81. The highest BCUT2D eigenvalue weighted by molar-refractivity contribution is 5.48. The van der Waals surface area contributed by atoms with Crippen LogP contribution in [0.2, 0.25) is 0 Å². The molecule has 3 heteroatoms. The van der Waals surface area contributed by atoms with Crippen LogP contribution in [0.4, 0.5) is 0 Å². The zero-order chi connectivity index (χ0) is 14.2. The first kappa shape index (κ1) is 13.9. The molecule has 1 fully saturated rings. The Balaban J connectivity index is 2.16. The fraction of sp³-hybridized carbons (Fsp3) is 0.647. The maximum Gasteiger partial charge on any atom is 0.124 e. The number of ether oxygens (including phenoxy) is 1. The van der Waals surface area contributed by atoms with E-state index in [1.54, 1.807) is 0 Å². The van der Waals surface area contributed by atoms with Crippen molar-refractivity contribution in [3.63, 3.8) is 0 Å². The molecule has 2 aliphatic heterocycles. The molecular formula is C17H26N2O. The van der Waals surface area contributed by atoms with Crippen molar-refractivity contribution in [1.82, 2.24) is 4.90 Å². The van der Waals surface area contributed by atoms with Crippen molar-refractivity contribution in [2.24, 2.45) is 5.73 Å². The van der Waals surface area contributed by atoms with Crippen molar-refractivity contribution in [3.8, 4) is 5.75 Å². The maximum absolute atomic E-state index is 6.31. The van der Waals surface area contributed by atoms with Crippen LogP contribution in [0.5, 0.6) is 5.75 Å². The third kappa shape index (κ3) is 2.13. The number of nitrogens with two attached hydrogens (primary N) is 1. The van der Waals surface area contributed by atoms with Gasteiger partial charge in [-0.3, -0.25) is 4.90 Å². The van der Waals surface area contributed by atoms with E-state index in [-0.39, 0.29) is 5.54 Å². The fourth-order valence-electron chi connectivity index (χ4n) is 4.11. The van der Waals surface area contributed by atoms with Gasteiger partial charge in [-0.1, -0.05) is 6.07 Å². The molecule has 110 valence electrons. The van der Waals surface area contributed by atoms with Crippen molar-refractivity contribution >= 4 is 0 Å². The molecule has 1 aromatic carbocycles. The smallest absolute Gasteiger partial charge is 0.124 e. The Hall–Kier alpha value is -1.06. The minimum absolute atomic E-state index is 0.0138. The molecule has 0 spiro atoms. The van der Waals surface area contributed by atoms with Crippen LogP contribution in [-0.2, 0) is 5.54 Å². The number of fused-ring (bicyclic) bond motifs is 1. The summed E-state index contributed by atoms with van der Waals surface area (Å²) in [5, 5.41) is 0.